The molecule has 1 atom stereocenters. The zero-order chi connectivity index (χ0) is 21.2. The summed E-state index contributed by atoms with van der Waals surface area (Å²) < 4.78 is 15.0. The molecule has 2 rings (SSSR count). The van der Waals surface area contributed by atoms with Crippen LogP contribution in [-0.2, 0) is 14.3 Å². The lowest BCUT2D eigenvalue weighted by molar-refractivity contribution is -0.144. The van der Waals surface area contributed by atoms with Crippen LogP contribution in [0, 0.1) is 0 Å². The zero-order valence-corrected chi connectivity index (χ0v) is 16.9. The van der Waals surface area contributed by atoms with Crippen molar-refractivity contribution >= 4 is 23.8 Å². The third-order valence-electron chi connectivity index (χ3n) is 3.79. The maximum Gasteiger partial charge on any atom is 0.344 e. The van der Waals surface area contributed by atoms with Gasteiger partial charge in [0.1, 0.15) is 5.75 Å². The number of rotatable bonds is 10. The fourth-order valence-electron chi connectivity index (χ4n) is 2.06. The van der Waals surface area contributed by atoms with Crippen LogP contribution >= 0.6 is 0 Å². The van der Waals surface area contributed by atoms with Crippen molar-refractivity contribution in [1.29, 1.82) is 0 Å². The monoisotopic (exact) mass is 403 g/mol. The van der Waals surface area contributed by atoms with Crippen LogP contribution in [0.5, 0.6) is 11.8 Å². The molecular weight excluding hydrogens is 378 g/mol. The molecule has 0 radical (unpaired) electrons. The molecular formula is C19H25N5O5. The minimum atomic E-state index is -0.642. The largest absolute Gasteiger partial charge is 0.466 e. The van der Waals surface area contributed by atoms with Gasteiger partial charge in [-0.25, -0.2) is 9.59 Å². The number of benzene rings is 1. The van der Waals surface area contributed by atoms with Gasteiger partial charge >= 0.3 is 17.9 Å². The van der Waals surface area contributed by atoms with Crippen molar-refractivity contribution in [2.45, 2.75) is 33.2 Å². The van der Waals surface area contributed by atoms with E-state index < -0.39 is 18.5 Å². The second-order valence-corrected chi connectivity index (χ2v) is 6.03. The first kappa shape index (κ1) is 21.9. The lowest BCUT2D eigenvalue weighted by Gasteiger charge is -2.13. The van der Waals surface area contributed by atoms with E-state index in [1.54, 1.807) is 12.1 Å². The Morgan fingerprint density at radius 3 is 2.38 bits per heavy atom. The molecule has 0 fully saturated rings. The Labute approximate surface area is 169 Å². The van der Waals surface area contributed by atoms with E-state index in [-0.39, 0.29) is 17.6 Å². The fourth-order valence-corrected chi connectivity index (χ4v) is 2.06. The number of carbonyl (C=O) groups excluding carboxylic acids is 2. The molecule has 2 N–H and O–H groups in total. The summed E-state index contributed by atoms with van der Waals surface area (Å²) in [5.41, 5.74) is 0.268. The summed E-state index contributed by atoms with van der Waals surface area (Å²) in [6, 6.07) is 6.48. The van der Waals surface area contributed by atoms with Gasteiger partial charge in [0, 0.05) is 12.6 Å². The number of methoxy groups -OCH3 is 1. The highest BCUT2D eigenvalue weighted by Crippen LogP contribution is 2.21. The number of esters is 2. The highest BCUT2D eigenvalue weighted by molar-refractivity contribution is 5.90. The van der Waals surface area contributed by atoms with E-state index in [0.717, 1.165) is 6.42 Å². The Bertz CT molecular complexity index is 828. The van der Waals surface area contributed by atoms with Crippen LogP contribution < -0.4 is 15.4 Å². The van der Waals surface area contributed by atoms with Crippen molar-refractivity contribution in [1.82, 2.24) is 15.0 Å². The molecule has 1 aromatic carbocycles. The number of ether oxygens (including phenoxy) is 3. The van der Waals surface area contributed by atoms with Crippen molar-refractivity contribution in [3.05, 3.63) is 29.8 Å². The van der Waals surface area contributed by atoms with Crippen molar-refractivity contribution in [2.24, 2.45) is 0 Å². The summed E-state index contributed by atoms with van der Waals surface area (Å²) in [7, 11) is 1.22. The van der Waals surface area contributed by atoms with E-state index in [0.29, 0.717) is 24.2 Å². The molecule has 0 bridgehead atoms. The van der Waals surface area contributed by atoms with Gasteiger partial charge in [-0.1, -0.05) is 6.92 Å². The molecule has 0 aliphatic rings. The number of carbonyl (C=O) groups is 2. The third kappa shape index (κ3) is 6.91. The highest BCUT2D eigenvalue weighted by atomic mass is 16.6. The quantitative estimate of drug-likeness (QED) is 0.572. The van der Waals surface area contributed by atoms with Gasteiger partial charge in [-0.2, -0.15) is 15.0 Å². The first-order valence-electron chi connectivity index (χ1n) is 9.23. The van der Waals surface area contributed by atoms with E-state index in [9.17, 15) is 9.59 Å². The minimum Gasteiger partial charge on any atom is -0.466 e. The van der Waals surface area contributed by atoms with Gasteiger partial charge in [0.2, 0.25) is 11.9 Å². The number of hydrogen-bond donors (Lipinski definition) is 2. The lowest BCUT2D eigenvalue weighted by Crippen LogP contribution is -2.17. The standard InChI is InChI=1S/C19H25N5O5/c1-5-12(3)21-18-22-17(20-6-2)23-19(24-18)29-14-9-7-13(8-10-14)16(26)28-11-15(25)27-4/h7-10,12H,5-6,11H2,1-4H3,(H2,20,21,22,23,24). The van der Waals surface area contributed by atoms with Crippen LogP contribution in [0.25, 0.3) is 0 Å². The van der Waals surface area contributed by atoms with Crippen LogP contribution in [0.1, 0.15) is 37.6 Å². The molecule has 2 aromatic rings. The molecule has 10 heteroatoms. The van der Waals surface area contributed by atoms with Crippen LogP contribution in [0.15, 0.2) is 24.3 Å². The molecule has 0 aliphatic heterocycles. The highest BCUT2D eigenvalue weighted by Gasteiger charge is 2.12. The van der Waals surface area contributed by atoms with Gasteiger partial charge in [0.15, 0.2) is 6.61 Å². The number of nitrogens with zero attached hydrogens (tertiary/aromatic N) is 3. The van der Waals surface area contributed by atoms with Gasteiger partial charge in [-0.3, -0.25) is 0 Å². The molecule has 0 amide bonds. The Morgan fingerprint density at radius 1 is 1.07 bits per heavy atom. The minimum absolute atomic E-state index is 0.114. The molecule has 29 heavy (non-hydrogen) atoms. The van der Waals surface area contributed by atoms with Gasteiger partial charge < -0.3 is 24.8 Å². The molecule has 0 aliphatic carbocycles. The fraction of sp³-hybridized carbons (Fsp3) is 0.421. The Morgan fingerprint density at radius 2 is 1.76 bits per heavy atom. The third-order valence-corrected chi connectivity index (χ3v) is 3.79. The molecule has 0 saturated carbocycles. The van der Waals surface area contributed by atoms with E-state index in [1.165, 1.54) is 19.2 Å². The number of aromatic nitrogens is 3. The average Bonchev–Trinajstić information content (AvgIpc) is 2.72. The van der Waals surface area contributed by atoms with E-state index >= 15 is 0 Å². The topological polar surface area (TPSA) is 125 Å². The van der Waals surface area contributed by atoms with Crippen LogP contribution in [0.3, 0.4) is 0 Å². The van der Waals surface area contributed by atoms with Crippen molar-refractivity contribution in [2.75, 3.05) is 30.9 Å². The maximum atomic E-state index is 11.9. The van der Waals surface area contributed by atoms with Gasteiger partial charge in [0.25, 0.3) is 0 Å². The molecule has 1 heterocycles. The van der Waals surface area contributed by atoms with Crippen LogP contribution in [0.4, 0.5) is 11.9 Å². The van der Waals surface area contributed by atoms with E-state index in [2.05, 4.69) is 37.2 Å². The molecule has 1 aromatic heterocycles. The SMILES string of the molecule is CCNc1nc(NC(C)CC)nc(Oc2ccc(C(=O)OCC(=O)OC)cc2)n1. The summed E-state index contributed by atoms with van der Waals surface area (Å²) >= 11 is 0. The smallest absolute Gasteiger partial charge is 0.344 e. The number of hydrogen-bond acceptors (Lipinski definition) is 10. The molecule has 10 nitrogen and oxygen atoms in total. The Balaban J connectivity index is 2.10. The molecule has 156 valence electrons. The van der Waals surface area contributed by atoms with Crippen molar-refractivity contribution in [3.8, 4) is 11.8 Å². The lowest BCUT2D eigenvalue weighted by atomic mass is 10.2. The summed E-state index contributed by atoms with van der Waals surface area (Å²) in [6.07, 6.45) is 0.909. The second-order valence-electron chi connectivity index (χ2n) is 6.03. The van der Waals surface area contributed by atoms with Crippen molar-refractivity contribution < 1.29 is 23.8 Å². The van der Waals surface area contributed by atoms with Crippen molar-refractivity contribution in [3.63, 3.8) is 0 Å². The van der Waals surface area contributed by atoms with Gasteiger partial charge in [-0.05, 0) is 44.5 Å². The Hall–Kier alpha value is -3.43. The summed E-state index contributed by atoms with van der Waals surface area (Å²) in [5, 5.41) is 6.22. The van der Waals surface area contributed by atoms with E-state index in [1.807, 2.05) is 13.8 Å². The van der Waals surface area contributed by atoms with Gasteiger partial charge in [-0.15, -0.1) is 0 Å². The predicted octanol–water partition coefficient (Wildman–Crippen LogP) is 2.64. The summed E-state index contributed by atoms with van der Waals surface area (Å²) in [6.45, 7) is 6.21. The summed E-state index contributed by atoms with van der Waals surface area (Å²) in [5.74, 6) is -0.0460. The predicted molar refractivity (Wildman–Crippen MR) is 106 cm³/mol. The molecule has 0 saturated heterocycles. The average molecular weight is 403 g/mol. The normalized spacial score (nSPS) is 11.3. The Kier molecular flexibility index (Phi) is 8.13. The van der Waals surface area contributed by atoms with Crippen LogP contribution in [0.2, 0.25) is 0 Å². The van der Waals surface area contributed by atoms with Gasteiger partial charge in [0.05, 0.1) is 12.7 Å². The summed E-state index contributed by atoms with van der Waals surface area (Å²) in [4.78, 5) is 35.8. The first-order chi connectivity index (χ1) is 13.9. The molecule has 0 spiro atoms. The second kappa shape index (κ2) is 10.8. The number of anilines is 2. The number of nitrogens with one attached hydrogen (secondary N) is 2. The van der Waals surface area contributed by atoms with Crippen LogP contribution in [-0.4, -0.2) is 53.2 Å². The first-order valence-corrected chi connectivity index (χ1v) is 9.23. The molecule has 1 unspecified atom stereocenters. The zero-order valence-electron chi connectivity index (χ0n) is 16.9. The van der Waals surface area contributed by atoms with E-state index in [4.69, 9.17) is 9.47 Å². The maximum absolute atomic E-state index is 11.9.